The van der Waals surface area contributed by atoms with E-state index >= 15 is 0 Å². The minimum Gasteiger partial charge on any atom is -0.504 e. The summed E-state index contributed by atoms with van der Waals surface area (Å²) < 4.78 is 23.0. The van der Waals surface area contributed by atoms with Crippen LogP contribution in [0.3, 0.4) is 0 Å². The summed E-state index contributed by atoms with van der Waals surface area (Å²) >= 11 is 6.17. The van der Waals surface area contributed by atoms with E-state index in [1.54, 1.807) is 30.3 Å². The molecule has 0 aliphatic rings. The maximum absolute atomic E-state index is 13.2. The fraction of sp³-hybridized carbons (Fsp3) is 0.320. The molecule has 1 unspecified atom stereocenters. The molecule has 0 saturated carbocycles. The zero-order valence-corrected chi connectivity index (χ0v) is 19.1. The third-order valence-electron chi connectivity index (χ3n) is 4.76. The van der Waals surface area contributed by atoms with E-state index in [1.165, 1.54) is 7.11 Å². The minimum absolute atomic E-state index is 0.117. The van der Waals surface area contributed by atoms with E-state index in [1.807, 2.05) is 32.0 Å². The first-order valence-electron chi connectivity index (χ1n) is 10.5. The molecule has 0 radical (unpaired) electrons. The molecular formula is C25H27ClO6. The highest BCUT2D eigenvalue weighted by molar-refractivity contribution is 6.31. The van der Waals surface area contributed by atoms with Gasteiger partial charge in [-0.25, -0.2) is 4.79 Å². The Labute approximate surface area is 192 Å². The molecule has 3 rings (SSSR count). The summed E-state index contributed by atoms with van der Waals surface area (Å²) in [5.41, 5.74) is 0.657. The van der Waals surface area contributed by atoms with Gasteiger partial charge in [0.05, 0.1) is 13.2 Å². The van der Waals surface area contributed by atoms with Gasteiger partial charge in [-0.2, -0.15) is 0 Å². The highest BCUT2D eigenvalue weighted by atomic mass is 35.5. The van der Waals surface area contributed by atoms with Gasteiger partial charge in [0, 0.05) is 22.9 Å². The number of esters is 1. The standard InChI is InChI=1S/C25H27ClO6/c1-4-13-30-23-20(27)19-15-17(26)11-12-18(19)22(24(23)31-14-5-2)32-25(28)21(29-3)16-9-7-6-8-10-16/h6-12,15,21,27H,4-5,13-14H2,1-3H3. The first-order valence-corrected chi connectivity index (χ1v) is 10.9. The third kappa shape index (κ3) is 5.09. The number of hydrogen-bond donors (Lipinski definition) is 1. The molecule has 170 valence electrons. The summed E-state index contributed by atoms with van der Waals surface area (Å²) in [5.74, 6) is -0.302. The number of rotatable bonds is 10. The quantitative estimate of drug-likeness (QED) is 0.293. The van der Waals surface area contributed by atoms with Gasteiger partial charge in [-0.3, -0.25) is 0 Å². The molecular weight excluding hydrogens is 432 g/mol. The summed E-state index contributed by atoms with van der Waals surface area (Å²) in [5, 5.41) is 12.2. The zero-order valence-electron chi connectivity index (χ0n) is 18.4. The van der Waals surface area contributed by atoms with Crippen molar-refractivity contribution < 1.29 is 28.8 Å². The predicted octanol–water partition coefficient (Wildman–Crippen LogP) is 6.07. The van der Waals surface area contributed by atoms with Crippen molar-refractivity contribution in [2.75, 3.05) is 20.3 Å². The van der Waals surface area contributed by atoms with E-state index in [9.17, 15) is 9.90 Å². The smallest absolute Gasteiger partial charge is 0.345 e. The van der Waals surface area contributed by atoms with Crippen LogP contribution < -0.4 is 14.2 Å². The van der Waals surface area contributed by atoms with Gasteiger partial charge in [0.15, 0.2) is 17.6 Å². The second-order valence-corrected chi connectivity index (χ2v) is 7.61. The highest BCUT2D eigenvalue weighted by Crippen LogP contribution is 2.51. The van der Waals surface area contributed by atoms with Crippen molar-refractivity contribution in [3.63, 3.8) is 0 Å². The van der Waals surface area contributed by atoms with Crippen LogP contribution in [0.5, 0.6) is 23.0 Å². The molecule has 0 aromatic heterocycles. The maximum atomic E-state index is 13.2. The van der Waals surface area contributed by atoms with Crippen LogP contribution in [-0.4, -0.2) is 31.4 Å². The van der Waals surface area contributed by atoms with Crippen LogP contribution in [0.2, 0.25) is 5.02 Å². The van der Waals surface area contributed by atoms with Gasteiger partial charge in [0.1, 0.15) is 0 Å². The number of halogens is 1. The average molecular weight is 459 g/mol. The van der Waals surface area contributed by atoms with E-state index in [-0.39, 0.29) is 23.0 Å². The van der Waals surface area contributed by atoms with E-state index in [2.05, 4.69) is 0 Å². The van der Waals surface area contributed by atoms with Crippen molar-refractivity contribution in [2.24, 2.45) is 0 Å². The van der Waals surface area contributed by atoms with E-state index in [0.717, 1.165) is 6.42 Å². The Bertz CT molecular complexity index is 1070. The fourth-order valence-corrected chi connectivity index (χ4v) is 3.46. The SMILES string of the molecule is CCCOc1c(OCCC)c(OC(=O)C(OC)c2ccccc2)c2ccc(Cl)cc2c1O. The maximum Gasteiger partial charge on any atom is 0.345 e. The average Bonchev–Trinajstić information content (AvgIpc) is 2.80. The Hall–Kier alpha value is -2.96. The lowest BCUT2D eigenvalue weighted by Crippen LogP contribution is -2.21. The number of phenolic OH excluding ortho intramolecular Hbond substituents is 1. The summed E-state index contributed by atoms with van der Waals surface area (Å²) in [4.78, 5) is 13.2. The third-order valence-corrected chi connectivity index (χ3v) is 5.00. The van der Waals surface area contributed by atoms with Gasteiger partial charge in [-0.05, 0) is 36.6 Å². The van der Waals surface area contributed by atoms with Crippen LogP contribution in [0.15, 0.2) is 48.5 Å². The number of carbonyl (C=O) groups is 1. The number of benzene rings is 3. The molecule has 32 heavy (non-hydrogen) atoms. The molecule has 7 heteroatoms. The number of aromatic hydroxyl groups is 1. The summed E-state index contributed by atoms with van der Waals surface area (Å²) in [6, 6.07) is 14.0. The Kier molecular flexibility index (Phi) is 8.20. The topological polar surface area (TPSA) is 74.2 Å². The lowest BCUT2D eigenvalue weighted by molar-refractivity contribution is -0.146. The number of fused-ring (bicyclic) bond motifs is 1. The lowest BCUT2D eigenvalue weighted by atomic mass is 10.1. The van der Waals surface area contributed by atoms with Gasteiger partial charge < -0.3 is 24.1 Å². The van der Waals surface area contributed by atoms with E-state index in [0.29, 0.717) is 41.0 Å². The Morgan fingerprint density at radius 3 is 2.22 bits per heavy atom. The first kappa shape index (κ1) is 23.7. The first-order chi connectivity index (χ1) is 15.5. The Morgan fingerprint density at radius 1 is 0.938 bits per heavy atom. The monoisotopic (exact) mass is 458 g/mol. The molecule has 0 aliphatic carbocycles. The van der Waals surface area contributed by atoms with Crippen LogP contribution in [0.4, 0.5) is 0 Å². The molecule has 6 nitrogen and oxygen atoms in total. The van der Waals surface area contributed by atoms with Crippen molar-refractivity contribution in [3.05, 3.63) is 59.1 Å². The molecule has 0 fully saturated rings. The Balaban J connectivity index is 2.16. The number of hydrogen-bond acceptors (Lipinski definition) is 6. The van der Waals surface area contributed by atoms with Gasteiger partial charge in [0.25, 0.3) is 0 Å². The fourth-order valence-electron chi connectivity index (χ4n) is 3.29. The van der Waals surface area contributed by atoms with E-state index in [4.69, 9.17) is 30.5 Å². The zero-order chi connectivity index (χ0) is 23.1. The van der Waals surface area contributed by atoms with Crippen molar-refractivity contribution in [1.82, 2.24) is 0 Å². The highest BCUT2D eigenvalue weighted by Gasteiger charge is 2.29. The molecule has 3 aromatic rings. The predicted molar refractivity (Wildman–Crippen MR) is 124 cm³/mol. The van der Waals surface area contributed by atoms with Crippen molar-refractivity contribution in [3.8, 4) is 23.0 Å². The van der Waals surface area contributed by atoms with Crippen molar-refractivity contribution >= 4 is 28.3 Å². The van der Waals surface area contributed by atoms with Crippen LogP contribution in [0.1, 0.15) is 38.4 Å². The van der Waals surface area contributed by atoms with E-state index < -0.39 is 12.1 Å². The molecule has 0 amide bonds. The second kappa shape index (κ2) is 11.1. The van der Waals surface area contributed by atoms with Crippen LogP contribution in [0, 0.1) is 0 Å². The number of carbonyl (C=O) groups excluding carboxylic acids is 1. The molecule has 0 spiro atoms. The number of methoxy groups -OCH3 is 1. The van der Waals surface area contributed by atoms with Crippen LogP contribution in [-0.2, 0) is 9.53 Å². The minimum atomic E-state index is -0.939. The summed E-state index contributed by atoms with van der Waals surface area (Å²) in [7, 11) is 1.44. The van der Waals surface area contributed by atoms with Crippen molar-refractivity contribution in [2.45, 2.75) is 32.8 Å². The second-order valence-electron chi connectivity index (χ2n) is 7.17. The number of phenols is 1. The molecule has 0 aliphatic heterocycles. The van der Waals surface area contributed by atoms with Gasteiger partial charge in [0.2, 0.25) is 11.5 Å². The molecule has 1 N–H and O–H groups in total. The summed E-state index contributed by atoms with van der Waals surface area (Å²) in [6.07, 6.45) is 0.492. The largest absolute Gasteiger partial charge is 0.504 e. The van der Waals surface area contributed by atoms with Crippen LogP contribution >= 0.6 is 11.6 Å². The number of ether oxygens (including phenoxy) is 4. The van der Waals surface area contributed by atoms with Gasteiger partial charge in [-0.15, -0.1) is 0 Å². The van der Waals surface area contributed by atoms with Crippen LogP contribution in [0.25, 0.3) is 10.8 Å². The normalized spacial score (nSPS) is 11.9. The van der Waals surface area contributed by atoms with Crippen molar-refractivity contribution in [1.29, 1.82) is 0 Å². The van der Waals surface area contributed by atoms with Gasteiger partial charge >= 0.3 is 5.97 Å². The molecule has 0 heterocycles. The molecule has 0 saturated heterocycles. The lowest BCUT2D eigenvalue weighted by Gasteiger charge is -2.21. The van der Waals surface area contributed by atoms with Gasteiger partial charge in [-0.1, -0.05) is 55.8 Å². The molecule has 0 bridgehead atoms. The molecule has 1 atom stereocenters. The molecule has 3 aromatic carbocycles. The Morgan fingerprint density at radius 2 is 1.59 bits per heavy atom. The summed E-state index contributed by atoms with van der Waals surface area (Å²) in [6.45, 7) is 4.60.